The van der Waals surface area contributed by atoms with Crippen LogP contribution < -0.4 is 16.0 Å². The van der Waals surface area contributed by atoms with Gasteiger partial charge in [0.1, 0.15) is 0 Å². The molecule has 0 aliphatic carbocycles. The first-order valence-corrected chi connectivity index (χ1v) is 10.5. The third-order valence-corrected chi connectivity index (χ3v) is 6.53. The molecule has 28 heavy (non-hydrogen) atoms. The minimum atomic E-state index is -4.36. The molecule has 0 bridgehead atoms. The van der Waals surface area contributed by atoms with Crippen LogP contribution in [0.25, 0.3) is 0 Å². The lowest BCUT2D eigenvalue weighted by molar-refractivity contribution is -0.137. The van der Waals surface area contributed by atoms with Crippen molar-refractivity contribution in [2.24, 2.45) is 5.73 Å². The normalized spacial score (nSPS) is 16.1. The highest BCUT2D eigenvalue weighted by Gasteiger charge is 2.33. The van der Waals surface area contributed by atoms with Crippen LogP contribution in [0.3, 0.4) is 0 Å². The molecule has 2 aromatic rings. The Kier molecular flexibility index (Phi) is 5.47. The van der Waals surface area contributed by atoms with Gasteiger partial charge in [0, 0.05) is 47.2 Å². The highest BCUT2D eigenvalue weighted by molar-refractivity contribution is 7.99. The Labute approximate surface area is 167 Å². The van der Waals surface area contributed by atoms with Crippen molar-refractivity contribution in [3.63, 3.8) is 0 Å². The monoisotopic (exact) mass is 407 g/mol. The lowest BCUT2D eigenvalue weighted by Gasteiger charge is -2.26. The zero-order valence-corrected chi connectivity index (χ0v) is 16.4. The van der Waals surface area contributed by atoms with Crippen LogP contribution in [-0.4, -0.2) is 26.2 Å². The summed E-state index contributed by atoms with van der Waals surface area (Å²) < 4.78 is 40.3. The van der Waals surface area contributed by atoms with Gasteiger partial charge in [-0.3, -0.25) is 0 Å². The van der Waals surface area contributed by atoms with Crippen LogP contribution in [0.1, 0.15) is 36.0 Å². The SMILES string of the molecule is NCCCNc1cc(C(F)(F)F)cc2c1Cc1ccc(N3CCCC3)cc1S2. The van der Waals surface area contributed by atoms with Crippen LogP contribution in [0, 0.1) is 0 Å². The van der Waals surface area contributed by atoms with Gasteiger partial charge >= 0.3 is 6.18 Å². The van der Waals surface area contributed by atoms with Gasteiger partial charge in [-0.1, -0.05) is 17.8 Å². The molecule has 1 saturated heterocycles. The van der Waals surface area contributed by atoms with Crippen molar-refractivity contribution in [2.45, 2.75) is 41.7 Å². The molecule has 0 amide bonds. The molecule has 0 spiro atoms. The predicted octanol–water partition coefficient (Wildman–Crippen LogP) is 5.12. The number of anilines is 2. The van der Waals surface area contributed by atoms with E-state index in [1.165, 1.54) is 48.0 Å². The zero-order valence-electron chi connectivity index (χ0n) is 15.6. The molecule has 7 heteroatoms. The van der Waals surface area contributed by atoms with Gasteiger partial charge in [-0.2, -0.15) is 13.2 Å². The summed E-state index contributed by atoms with van der Waals surface area (Å²) in [4.78, 5) is 4.10. The summed E-state index contributed by atoms with van der Waals surface area (Å²) in [6.45, 7) is 3.17. The number of halogens is 3. The third-order valence-electron chi connectivity index (χ3n) is 5.34. The maximum Gasteiger partial charge on any atom is 0.416 e. The average Bonchev–Trinajstić information content (AvgIpc) is 3.20. The molecule has 0 unspecified atom stereocenters. The van der Waals surface area contributed by atoms with E-state index in [0.29, 0.717) is 36.5 Å². The molecule has 3 nitrogen and oxygen atoms in total. The fourth-order valence-electron chi connectivity index (χ4n) is 3.83. The Morgan fingerprint density at radius 2 is 1.86 bits per heavy atom. The number of fused-ring (bicyclic) bond motifs is 2. The first-order valence-electron chi connectivity index (χ1n) is 9.69. The Bertz CT molecular complexity index is 861. The topological polar surface area (TPSA) is 41.3 Å². The highest BCUT2D eigenvalue weighted by Crippen LogP contribution is 2.46. The number of nitrogens with one attached hydrogen (secondary N) is 1. The summed E-state index contributed by atoms with van der Waals surface area (Å²) in [6.07, 6.45) is -0.619. The molecule has 3 N–H and O–H groups in total. The number of hydrogen-bond donors (Lipinski definition) is 2. The van der Waals surface area contributed by atoms with Gasteiger partial charge in [-0.25, -0.2) is 0 Å². The molecule has 2 aliphatic heterocycles. The maximum atomic E-state index is 13.4. The summed E-state index contributed by atoms with van der Waals surface area (Å²) in [5, 5.41) is 3.17. The minimum absolute atomic E-state index is 0.505. The van der Waals surface area contributed by atoms with E-state index >= 15 is 0 Å². The number of benzene rings is 2. The molecule has 4 rings (SSSR count). The Morgan fingerprint density at radius 1 is 1.07 bits per heavy atom. The van der Waals surface area contributed by atoms with Gasteiger partial charge in [-0.05, 0) is 61.2 Å². The second-order valence-electron chi connectivity index (χ2n) is 7.33. The fourth-order valence-corrected chi connectivity index (χ4v) is 5.01. The van der Waals surface area contributed by atoms with Crippen LogP contribution in [0.4, 0.5) is 24.5 Å². The molecular weight excluding hydrogens is 383 g/mol. The van der Waals surface area contributed by atoms with Gasteiger partial charge in [0.15, 0.2) is 0 Å². The van der Waals surface area contributed by atoms with E-state index in [4.69, 9.17) is 5.73 Å². The van der Waals surface area contributed by atoms with E-state index in [1.54, 1.807) is 0 Å². The first kappa shape index (κ1) is 19.5. The summed E-state index contributed by atoms with van der Waals surface area (Å²) in [5.41, 5.74) is 8.77. The van der Waals surface area contributed by atoms with Crippen molar-refractivity contribution in [1.29, 1.82) is 0 Å². The lowest BCUT2D eigenvalue weighted by atomic mass is 9.99. The number of hydrogen-bond acceptors (Lipinski definition) is 4. The standard InChI is InChI=1S/C21H24F3N3S/c22-21(23,24)15-11-18(26-7-3-6-25)17-10-14-4-5-16(27-8-1-2-9-27)13-19(14)28-20(17)12-15/h4-5,11-13,26H,1-3,6-10,25H2. The summed E-state index contributed by atoms with van der Waals surface area (Å²) in [7, 11) is 0. The molecular formula is C21H24F3N3S. The van der Waals surface area contributed by atoms with Crippen molar-refractivity contribution in [3.8, 4) is 0 Å². The van der Waals surface area contributed by atoms with Crippen LogP contribution in [-0.2, 0) is 12.6 Å². The largest absolute Gasteiger partial charge is 0.416 e. The van der Waals surface area contributed by atoms with E-state index in [2.05, 4.69) is 28.4 Å². The van der Waals surface area contributed by atoms with Crippen LogP contribution in [0.15, 0.2) is 40.1 Å². The van der Waals surface area contributed by atoms with Crippen molar-refractivity contribution >= 4 is 23.1 Å². The van der Waals surface area contributed by atoms with E-state index in [-0.39, 0.29) is 0 Å². The van der Waals surface area contributed by atoms with E-state index in [9.17, 15) is 13.2 Å². The molecule has 2 heterocycles. The van der Waals surface area contributed by atoms with Gasteiger partial charge in [0.25, 0.3) is 0 Å². The second-order valence-corrected chi connectivity index (χ2v) is 8.42. The third kappa shape index (κ3) is 3.96. The summed E-state index contributed by atoms with van der Waals surface area (Å²) in [6, 6.07) is 8.93. The summed E-state index contributed by atoms with van der Waals surface area (Å²) >= 11 is 1.45. The van der Waals surface area contributed by atoms with E-state index in [1.807, 2.05) is 0 Å². The van der Waals surface area contributed by atoms with Crippen LogP contribution >= 0.6 is 11.8 Å². The van der Waals surface area contributed by atoms with Gasteiger partial charge in [0.2, 0.25) is 0 Å². The molecule has 0 aromatic heterocycles. The van der Waals surface area contributed by atoms with E-state index in [0.717, 1.165) is 23.5 Å². The first-order chi connectivity index (χ1) is 13.5. The van der Waals surface area contributed by atoms with Crippen LogP contribution in [0.2, 0.25) is 0 Å². The molecule has 2 aliphatic rings. The van der Waals surface area contributed by atoms with Crippen molar-refractivity contribution in [3.05, 3.63) is 47.0 Å². The number of nitrogens with two attached hydrogens (primary N) is 1. The smallest absolute Gasteiger partial charge is 0.385 e. The van der Waals surface area contributed by atoms with Crippen molar-refractivity contribution in [2.75, 3.05) is 36.4 Å². The molecule has 2 aromatic carbocycles. The Morgan fingerprint density at radius 3 is 2.57 bits per heavy atom. The maximum absolute atomic E-state index is 13.4. The number of nitrogens with zero attached hydrogens (tertiary/aromatic N) is 1. The predicted molar refractivity (Wildman–Crippen MR) is 108 cm³/mol. The average molecular weight is 408 g/mol. The molecule has 0 radical (unpaired) electrons. The van der Waals surface area contributed by atoms with Gasteiger partial charge < -0.3 is 16.0 Å². The molecule has 1 fully saturated rings. The van der Waals surface area contributed by atoms with Crippen molar-refractivity contribution in [1.82, 2.24) is 0 Å². The quantitative estimate of drug-likeness (QED) is 0.576. The minimum Gasteiger partial charge on any atom is -0.385 e. The van der Waals surface area contributed by atoms with Crippen molar-refractivity contribution < 1.29 is 13.2 Å². The number of rotatable bonds is 5. The summed E-state index contributed by atoms with van der Waals surface area (Å²) in [5.74, 6) is 0. The zero-order chi connectivity index (χ0) is 19.7. The fraction of sp³-hybridized carbons (Fsp3) is 0.429. The lowest BCUT2D eigenvalue weighted by Crippen LogP contribution is -2.18. The Hall–Kier alpha value is -1.86. The second kappa shape index (κ2) is 7.87. The molecule has 0 atom stereocenters. The Balaban J connectivity index is 1.68. The molecule has 150 valence electrons. The van der Waals surface area contributed by atoms with Gasteiger partial charge in [0.05, 0.1) is 5.56 Å². The molecule has 0 saturated carbocycles. The van der Waals surface area contributed by atoms with Gasteiger partial charge in [-0.15, -0.1) is 0 Å². The highest BCUT2D eigenvalue weighted by atomic mass is 32.2. The van der Waals surface area contributed by atoms with E-state index < -0.39 is 11.7 Å². The van der Waals surface area contributed by atoms with Crippen LogP contribution in [0.5, 0.6) is 0 Å². The number of alkyl halides is 3.